The van der Waals surface area contributed by atoms with E-state index in [1.165, 1.54) is 43.2 Å². The number of benzene rings is 1. The van der Waals surface area contributed by atoms with E-state index in [1.807, 2.05) is 0 Å². The van der Waals surface area contributed by atoms with Gasteiger partial charge in [0.25, 0.3) is 0 Å². The molecular formula is C17H25NO. The lowest BCUT2D eigenvalue weighted by Crippen LogP contribution is -2.25. The van der Waals surface area contributed by atoms with Crippen molar-refractivity contribution in [3.8, 4) is 0 Å². The van der Waals surface area contributed by atoms with Gasteiger partial charge in [-0.15, -0.1) is 0 Å². The summed E-state index contributed by atoms with van der Waals surface area (Å²) in [6.45, 7) is 0.874. The lowest BCUT2D eigenvalue weighted by atomic mass is 9.83. The summed E-state index contributed by atoms with van der Waals surface area (Å²) >= 11 is 0. The first-order valence-electron chi connectivity index (χ1n) is 7.81. The molecule has 0 amide bonds. The van der Waals surface area contributed by atoms with Crippen molar-refractivity contribution in [1.29, 1.82) is 0 Å². The van der Waals surface area contributed by atoms with Crippen molar-refractivity contribution in [3.63, 3.8) is 0 Å². The summed E-state index contributed by atoms with van der Waals surface area (Å²) in [4.78, 5) is 0. The predicted octanol–water partition coefficient (Wildman–Crippen LogP) is 3.91. The van der Waals surface area contributed by atoms with Crippen molar-refractivity contribution in [1.82, 2.24) is 0 Å². The normalized spacial score (nSPS) is 26.5. The van der Waals surface area contributed by atoms with E-state index in [2.05, 4.69) is 24.3 Å². The fraction of sp³-hybridized carbons (Fsp3) is 0.647. The molecule has 1 aromatic rings. The van der Waals surface area contributed by atoms with Gasteiger partial charge in [-0.05, 0) is 42.7 Å². The van der Waals surface area contributed by atoms with E-state index in [0.717, 1.165) is 25.4 Å². The molecule has 0 spiro atoms. The molecule has 2 fully saturated rings. The van der Waals surface area contributed by atoms with Crippen LogP contribution in [0.3, 0.4) is 0 Å². The highest BCUT2D eigenvalue weighted by atomic mass is 16.5. The van der Waals surface area contributed by atoms with Crippen LogP contribution in [0.25, 0.3) is 0 Å². The van der Waals surface area contributed by atoms with Gasteiger partial charge in [-0.2, -0.15) is 0 Å². The van der Waals surface area contributed by atoms with Crippen LogP contribution in [0.5, 0.6) is 0 Å². The standard InChI is InChI=1S/C17H25NO/c18-17(16-7-4-12-19-16)15-10-8-14(9-11-15)13-5-2-1-3-6-13/h8-11,13,16-17H,1-7,12,18H2. The third-order valence-corrected chi connectivity index (χ3v) is 4.76. The Morgan fingerprint density at radius 3 is 2.32 bits per heavy atom. The van der Waals surface area contributed by atoms with E-state index in [9.17, 15) is 0 Å². The van der Waals surface area contributed by atoms with Gasteiger partial charge in [-0.3, -0.25) is 0 Å². The van der Waals surface area contributed by atoms with Crippen LogP contribution in [-0.4, -0.2) is 12.7 Å². The maximum Gasteiger partial charge on any atom is 0.0768 e. The molecular weight excluding hydrogens is 234 g/mol. The third-order valence-electron chi connectivity index (χ3n) is 4.76. The van der Waals surface area contributed by atoms with Crippen LogP contribution in [0.15, 0.2) is 24.3 Å². The van der Waals surface area contributed by atoms with Gasteiger partial charge in [-0.1, -0.05) is 43.5 Å². The molecule has 0 bridgehead atoms. The summed E-state index contributed by atoms with van der Waals surface area (Å²) in [5.74, 6) is 0.779. The zero-order chi connectivity index (χ0) is 13.1. The first-order valence-corrected chi connectivity index (χ1v) is 7.81. The SMILES string of the molecule is NC(c1ccc(C2CCCCC2)cc1)C1CCCO1. The highest BCUT2D eigenvalue weighted by molar-refractivity contribution is 5.28. The second-order valence-corrected chi connectivity index (χ2v) is 6.08. The Hall–Kier alpha value is -0.860. The molecule has 2 N–H and O–H groups in total. The molecule has 2 nitrogen and oxygen atoms in total. The minimum Gasteiger partial charge on any atom is -0.376 e. The fourth-order valence-corrected chi connectivity index (χ4v) is 3.53. The van der Waals surface area contributed by atoms with Crippen LogP contribution in [0, 0.1) is 0 Å². The average molecular weight is 259 g/mol. The van der Waals surface area contributed by atoms with Gasteiger partial charge in [0, 0.05) is 6.61 Å². The molecule has 1 aromatic carbocycles. The highest BCUT2D eigenvalue weighted by Gasteiger charge is 2.24. The Labute approximate surface area is 116 Å². The average Bonchev–Trinajstić information content (AvgIpc) is 3.02. The summed E-state index contributed by atoms with van der Waals surface area (Å²) in [7, 11) is 0. The second kappa shape index (κ2) is 6.06. The van der Waals surface area contributed by atoms with E-state index in [0.29, 0.717) is 0 Å². The van der Waals surface area contributed by atoms with E-state index < -0.39 is 0 Å². The molecule has 2 unspecified atom stereocenters. The monoisotopic (exact) mass is 259 g/mol. The maximum atomic E-state index is 6.30. The number of hydrogen-bond acceptors (Lipinski definition) is 2. The highest BCUT2D eigenvalue weighted by Crippen LogP contribution is 2.33. The molecule has 1 aliphatic carbocycles. The molecule has 0 aromatic heterocycles. The Morgan fingerprint density at radius 2 is 1.68 bits per heavy atom. The van der Waals surface area contributed by atoms with Crippen molar-refractivity contribution in [3.05, 3.63) is 35.4 Å². The molecule has 1 saturated heterocycles. The Balaban J connectivity index is 1.67. The van der Waals surface area contributed by atoms with Crippen molar-refractivity contribution in [2.24, 2.45) is 5.73 Å². The topological polar surface area (TPSA) is 35.2 Å². The predicted molar refractivity (Wildman–Crippen MR) is 78.2 cm³/mol. The van der Waals surface area contributed by atoms with Gasteiger partial charge in [0.15, 0.2) is 0 Å². The summed E-state index contributed by atoms with van der Waals surface area (Å²) in [5, 5.41) is 0. The molecule has 0 radical (unpaired) electrons. The summed E-state index contributed by atoms with van der Waals surface area (Å²) in [6.07, 6.45) is 9.39. The minimum absolute atomic E-state index is 0.0444. The number of hydrogen-bond donors (Lipinski definition) is 1. The molecule has 19 heavy (non-hydrogen) atoms. The van der Waals surface area contributed by atoms with Gasteiger partial charge in [0.05, 0.1) is 12.1 Å². The number of ether oxygens (including phenoxy) is 1. The largest absolute Gasteiger partial charge is 0.376 e. The first-order chi connectivity index (χ1) is 9.34. The smallest absolute Gasteiger partial charge is 0.0768 e. The Bertz CT molecular complexity index is 388. The van der Waals surface area contributed by atoms with Crippen LogP contribution in [0.4, 0.5) is 0 Å². The molecule has 2 aliphatic rings. The van der Waals surface area contributed by atoms with E-state index >= 15 is 0 Å². The number of rotatable bonds is 3. The zero-order valence-electron chi connectivity index (χ0n) is 11.7. The number of nitrogens with two attached hydrogens (primary N) is 1. The summed E-state index contributed by atoms with van der Waals surface area (Å²) in [6, 6.07) is 9.07. The lowest BCUT2D eigenvalue weighted by molar-refractivity contribution is 0.0900. The quantitative estimate of drug-likeness (QED) is 0.893. The zero-order valence-corrected chi connectivity index (χ0v) is 11.7. The summed E-state index contributed by atoms with van der Waals surface area (Å²) in [5.41, 5.74) is 9.03. The Morgan fingerprint density at radius 1 is 0.947 bits per heavy atom. The Kier molecular flexibility index (Phi) is 4.19. The van der Waals surface area contributed by atoms with Crippen molar-refractivity contribution < 1.29 is 4.74 Å². The third kappa shape index (κ3) is 3.01. The van der Waals surface area contributed by atoms with Crippen molar-refractivity contribution in [2.75, 3.05) is 6.61 Å². The van der Waals surface area contributed by atoms with Crippen molar-refractivity contribution in [2.45, 2.75) is 63.0 Å². The van der Waals surface area contributed by atoms with E-state index in [4.69, 9.17) is 10.5 Å². The molecule has 1 heterocycles. The van der Waals surface area contributed by atoms with E-state index in [-0.39, 0.29) is 12.1 Å². The minimum atomic E-state index is 0.0444. The second-order valence-electron chi connectivity index (χ2n) is 6.08. The summed E-state index contributed by atoms with van der Waals surface area (Å²) < 4.78 is 5.69. The molecule has 3 rings (SSSR count). The van der Waals surface area contributed by atoms with Gasteiger partial charge in [0.1, 0.15) is 0 Å². The van der Waals surface area contributed by atoms with Crippen LogP contribution >= 0.6 is 0 Å². The molecule has 1 aliphatic heterocycles. The first kappa shape index (κ1) is 13.1. The molecule has 1 saturated carbocycles. The van der Waals surface area contributed by atoms with E-state index in [1.54, 1.807) is 0 Å². The lowest BCUT2D eigenvalue weighted by Gasteiger charge is -2.23. The fourth-order valence-electron chi connectivity index (χ4n) is 3.53. The van der Waals surface area contributed by atoms with Gasteiger partial charge < -0.3 is 10.5 Å². The molecule has 2 heteroatoms. The van der Waals surface area contributed by atoms with Crippen LogP contribution in [0.1, 0.15) is 68.0 Å². The van der Waals surface area contributed by atoms with Gasteiger partial charge in [0.2, 0.25) is 0 Å². The van der Waals surface area contributed by atoms with Crippen LogP contribution in [-0.2, 0) is 4.74 Å². The molecule has 2 atom stereocenters. The van der Waals surface area contributed by atoms with Gasteiger partial charge >= 0.3 is 0 Å². The van der Waals surface area contributed by atoms with Crippen molar-refractivity contribution >= 4 is 0 Å². The van der Waals surface area contributed by atoms with Crippen LogP contribution < -0.4 is 5.73 Å². The van der Waals surface area contributed by atoms with Gasteiger partial charge in [-0.25, -0.2) is 0 Å². The molecule has 104 valence electrons. The van der Waals surface area contributed by atoms with Crippen LogP contribution in [0.2, 0.25) is 0 Å². The maximum absolute atomic E-state index is 6.30.